The van der Waals surface area contributed by atoms with Crippen LogP contribution in [0.15, 0.2) is 24.3 Å². The molecular formula is C21H27F2NO7S. The van der Waals surface area contributed by atoms with Crippen molar-refractivity contribution in [1.29, 1.82) is 0 Å². The van der Waals surface area contributed by atoms with Gasteiger partial charge in [0.25, 0.3) is 5.91 Å². The first-order valence-corrected chi connectivity index (χ1v) is 11.8. The summed E-state index contributed by atoms with van der Waals surface area (Å²) >= 11 is 0. The van der Waals surface area contributed by atoms with E-state index in [-0.39, 0.29) is 34.5 Å². The minimum atomic E-state index is -3.19. The van der Waals surface area contributed by atoms with E-state index in [1.165, 1.54) is 36.3 Å². The van der Waals surface area contributed by atoms with Gasteiger partial charge in [0.1, 0.15) is 0 Å². The summed E-state index contributed by atoms with van der Waals surface area (Å²) in [7, 11) is -1.90. The van der Waals surface area contributed by atoms with Gasteiger partial charge in [0, 0.05) is 24.2 Å². The van der Waals surface area contributed by atoms with Crippen molar-refractivity contribution in [3.05, 3.63) is 29.8 Å². The van der Waals surface area contributed by atoms with Crippen molar-refractivity contribution in [2.75, 3.05) is 31.8 Å². The lowest BCUT2D eigenvalue weighted by atomic mass is 10.1. The third-order valence-corrected chi connectivity index (χ3v) is 6.45. The van der Waals surface area contributed by atoms with Crippen LogP contribution in [0.2, 0.25) is 0 Å². The fraction of sp³-hybridized carbons (Fsp3) is 0.524. The van der Waals surface area contributed by atoms with Crippen LogP contribution in [0, 0.1) is 5.92 Å². The molecule has 1 aliphatic rings. The summed E-state index contributed by atoms with van der Waals surface area (Å²) in [6.07, 6.45) is 2.53. The Balaban J connectivity index is 2.03. The summed E-state index contributed by atoms with van der Waals surface area (Å²) in [5.41, 5.74) is 0.158. The van der Waals surface area contributed by atoms with Gasteiger partial charge in [-0.15, -0.1) is 0 Å². The number of esters is 1. The van der Waals surface area contributed by atoms with E-state index in [0.717, 1.165) is 6.08 Å². The molecule has 1 saturated heterocycles. The Labute approximate surface area is 186 Å². The minimum absolute atomic E-state index is 0.0195. The largest absolute Gasteiger partial charge is 0.493 e. The second-order valence-electron chi connectivity index (χ2n) is 7.69. The average Bonchev–Trinajstić information content (AvgIpc) is 3.08. The second kappa shape index (κ2) is 11.3. The molecule has 1 unspecified atom stereocenters. The molecule has 1 amide bonds. The molecule has 1 aliphatic heterocycles. The molecule has 1 aromatic carbocycles. The molecule has 0 spiro atoms. The van der Waals surface area contributed by atoms with Crippen molar-refractivity contribution in [3.63, 3.8) is 0 Å². The highest BCUT2D eigenvalue weighted by Gasteiger charge is 2.35. The number of hydrogen-bond donors (Lipinski definition) is 0. The van der Waals surface area contributed by atoms with Crippen molar-refractivity contribution in [2.45, 2.75) is 32.9 Å². The maximum atomic E-state index is 12.7. The smallest absolute Gasteiger partial charge is 0.387 e. The number of carbonyl (C=O) groups excluding carboxylic acids is 2. The molecular weight excluding hydrogens is 448 g/mol. The standard InChI is InChI=1S/C21H27F2NO7S/c1-14(2)11-24(16-9-10-32(27,28)13-16)18(25)12-30-19(26)8-7-15-5-4-6-17(29-3)20(15)31-21(22)23/h4-8,14,16,21H,9-13H2,1-3H3/b8-7-. The number of nitrogens with zero attached hydrogens (tertiary/aromatic N) is 1. The van der Waals surface area contributed by atoms with Gasteiger partial charge in [-0.05, 0) is 24.5 Å². The number of alkyl halides is 2. The summed E-state index contributed by atoms with van der Waals surface area (Å²) in [5, 5.41) is 0. The van der Waals surface area contributed by atoms with Gasteiger partial charge in [-0.3, -0.25) is 4.79 Å². The highest BCUT2D eigenvalue weighted by molar-refractivity contribution is 7.91. The average molecular weight is 476 g/mol. The van der Waals surface area contributed by atoms with Crippen LogP contribution >= 0.6 is 0 Å². The molecule has 32 heavy (non-hydrogen) atoms. The van der Waals surface area contributed by atoms with Crippen molar-refractivity contribution in [1.82, 2.24) is 4.90 Å². The molecule has 0 bridgehead atoms. The Bertz CT molecular complexity index is 947. The number of carbonyl (C=O) groups is 2. The minimum Gasteiger partial charge on any atom is -0.493 e. The lowest BCUT2D eigenvalue weighted by Crippen LogP contribution is -2.45. The molecule has 11 heteroatoms. The van der Waals surface area contributed by atoms with Gasteiger partial charge in [0.15, 0.2) is 27.9 Å². The van der Waals surface area contributed by atoms with Gasteiger partial charge in [-0.1, -0.05) is 26.0 Å². The monoisotopic (exact) mass is 475 g/mol. The van der Waals surface area contributed by atoms with Crippen LogP contribution in [-0.4, -0.2) is 69.6 Å². The van der Waals surface area contributed by atoms with Gasteiger partial charge >= 0.3 is 12.6 Å². The second-order valence-corrected chi connectivity index (χ2v) is 9.92. The van der Waals surface area contributed by atoms with Gasteiger partial charge in [0.05, 0.1) is 18.6 Å². The predicted molar refractivity (Wildman–Crippen MR) is 113 cm³/mol. The lowest BCUT2D eigenvalue weighted by molar-refractivity contribution is -0.149. The molecule has 1 fully saturated rings. The molecule has 0 aliphatic carbocycles. The molecule has 1 aromatic rings. The number of para-hydroxylation sites is 1. The lowest BCUT2D eigenvalue weighted by Gasteiger charge is -2.29. The number of ether oxygens (including phenoxy) is 3. The number of hydrogen-bond acceptors (Lipinski definition) is 7. The number of halogens is 2. The Morgan fingerprint density at radius 2 is 2.00 bits per heavy atom. The van der Waals surface area contributed by atoms with Crippen LogP contribution in [0.3, 0.4) is 0 Å². The van der Waals surface area contributed by atoms with Crippen LogP contribution in [0.25, 0.3) is 6.08 Å². The van der Waals surface area contributed by atoms with E-state index >= 15 is 0 Å². The van der Waals surface area contributed by atoms with Crippen molar-refractivity contribution >= 4 is 27.8 Å². The maximum absolute atomic E-state index is 12.7. The third-order valence-electron chi connectivity index (χ3n) is 4.70. The Hall–Kier alpha value is -2.69. The molecule has 8 nitrogen and oxygen atoms in total. The maximum Gasteiger partial charge on any atom is 0.387 e. The number of methoxy groups -OCH3 is 1. The fourth-order valence-corrected chi connectivity index (χ4v) is 5.06. The van der Waals surface area contributed by atoms with Gasteiger partial charge in [-0.2, -0.15) is 8.78 Å². The van der Waals surface area contributed by atoms with E-state index in [2.05, 4.69) is 4.74 Å². The molecule has 0 radical (unpaired) electrons. The third kappa shape index (κ3) is 7.47. The Morgan fingerprint density at radius 1 is 1.28 bits per heavy atom. The number of rotatable bonds is 10. The molecule has 1 atom stereocenters. The highest BCUT2D eigenvalue weighted by atomic mass is 32.2. The van der Waals surface area contributed by atoms with Crippen LogP contribution in [-0.2, 0) is 24.2 Å². The van der Waals surface area contributed by atoms with Crippen LogP contribution in [0.1, 0.15) is 25.8 Å². The van der Waals surface area contributed by atoms with E-state index < -0.39 is 41.0 Å². The fourth-order valence-electron chi connectivity index (χ4n) is 3.33. The zero-order valence-corrected chi connectivity index (χ0v) is 18.9. The molecule has 2 rings (SSSR count). The van der Waals surface area contributed by atoms with Crippen LogP contribution in [0.5, 0.6) is 11.5 Å². The zero-order valence-electron chi connectivity index (χ0n) is 18.1. The van der Waals surface area contributed by atoms with Gasteiger partial charge < -0.3 is 19.1 Å². The van der Waals surface area contributed by atoms with E-state index in [9.17, 15) is 26.8 Å². The Kier molecular flexibility index (Phi) is 8.99. The van der Waals surface area contributed by atoms with Crippen LogP contribution < -0.4 is 9.47 Å². The van der Waals surface area contributed by atoms with E-state index in [0.29, 0.717) is 13.0 Å². The molecule has 178 valence electrons. The summed E-state index contributed by atoms with van der Waals surface area (Å²) in [6, 6.07) is 3.96. The first-order chi connectivity index (χ1) is 15.0. The zero-order chi connectivity index (χ0) is 23.9. The first-order valence-electron chi connectivity index (χ1n) is 9.99. The van der Waals surface area contributed by atoms with Crippen molar-refractivity contribution in [3.8, 4) is 11.5 Å². The molecule has 0 aromatic heterocycles. The number of benzene rings is 1. The van der Waals surface area contributed by atoms with E-state index in [1.807, 2.05) is 13.8 Å². The summed E-state index contributed by atoms with van der Waals surface area (Å²) in [4.78, 5) is 26.2. The SMILES string of the molecule is COc1cccc(/C=C\C(=O)OCC(=O)N(CC(C)C)C2CCS(=O)(=O)C2)c1OC(F)F. The summed E-state index contributed by atoms with van der Waals surface area (Å²) in [5.74, 6) is -1.53. The molecule has 0 saturated carbocycles. The van der Waals surface area contributed by atoms with Crippen molar-refractivity contribution in [2.24, 2.45) is 5.92 Å². The van der Waals surface area contributed by atoms with Crippen LogP contribution in [0.4, 0.5) is 8.78 Å². The quantitative estimate of drug-likeness (QED) is 0.379. The Morgan fingerprint density at radius 3 is 2.56 bits per heavy atom. The van der Waals surface area contributed by atoms with Gasteiger partial charge in [-0.25, -0.2) is 13.2 Å². The number of amides is 1. The molecule has 1 heterocycles. The normalized spacial score (nSPS) is 17.7. The topological polar surface area (TPSA) is 99.2 Å². The predicted octanol–water partition coefficient (Wildman–Crippen LogP) is 2.52. The first kappa shape index (κ1) is 25.6. The number of sulfone groups is 1. The highest BCUT2D eigenvalue weighted by Crippen LogP contribution is 2.33. The summed E-state index contributed by atoms with van der Waals surface area (Å²) in [6.45, 7) is 0.474. The van der Waals surface area contributed by atoms with E-state index in [1.54, 1.807) is 0 Å². The van der Waals surface area contributed by atoms with Crippen molar-refractivity contribution < 1.29 is 41.0 Å². The van der Waals surface area contributed by atoms with E-state index in [4.69, 9.17) is 9.47 Å². The van der Waals surface area contributed by atoms with Gasteiger partial charge in [0.2, 0.25) is 0 Å². The molecule has 0 N–H and O–H groups in total. The summed E-state index contributed by atoms with van der Waals surface area (Å²) < 4.78 is 63.4.